The summed E-state index contributed by atoms with van der Waals surface area (Å²) < 4.78 is 39.6. The van der Waals surface area contributed by atoms with E-state index in [0.717, 1.165) is 12.8 Å². The van der Waals surface area contributed by atoms with E-state index in [2.05, 4.69) is 6.92 Å². The molecule has 1 fully saturated rings. The van der Waals surface area contributed by atoms with Crippen molar-refractivity contribution in [1.29, 1.82) is 0 Å². The average molecular weight is 338 g/mol. The zero-order valence-corrected chi connectivity index (χ0v) is 15.0. The number of hydrogen-bond acceptors (Lipinski definition) is 2. The van der Waals surface area contributed by atoms with Gasteiger partial charge in [-0.2, -0.15) is 0 Å². The van der Waals surface area contributed by atoms with Crippen molar-refractivity contribution in [2.75, 3.05) is 13.2 Å². The van der Waals surface area contributed by atoms with Gasteiger partial charge in [0, 0.05) is 24.6 Å². The normalized spacial score (nSPS) is 15.9. The van der Waals surface area contributed by atoms with Gasteiger partial charge in [-0.25, -0.2) is 8.78 Å². The third-order valence-electron chi connectivity index (χ3n) is 4.65. The van der Waals surface area contributed by atoms with Gasteiger partial charge in [-0.3, -0.25) is 0 Å². The van der Waals surface area contributed by atoms with Crippen molar-refractivity contribution >= 4 is 12.6 Å². The molecule has 134 valence electrons. The van der Waals surface area contributed by atoms with Crippen LogP contribution in [0.3, 0.4) is 0 Å². The fourth-order valence-corrected chi connectivity index (χ4v) is 3.17. The summed E-state index contributed by atoms with van der Waals surface area (Å²) in [7, 11) is -0.786. The minimum Gasteiger partial charge on any atom is -0.407 e. The summed E-state index contributed by atoms with van der Waals surface area (Å²) >= 11 is 0. The molecule has 0 unspecified atom stereocenters. The molecule has 24 heavy (non-hydrogen) atoms. The molecule has 0 N–H and O–H groups in total. The molecule has 2 rings (SSSR count). The van der Waals surface area contributed by atoms with Crippen LogP contribution in [0.1, 0.15) is 64.4 Å². The van der Waals surface area contributed by atoms with Crippen LogP contribution in [0.15, 0.2) is 12.1 Å². The van der Waals surface area contributed by atoms with Crippen LogP contribution < -0.4 is 5.46 Å². The van der Waals surface area contributed by atoms with Gasteiger partial charge in [-0.05, 0) is 18.4 Å². The Morgan fingerprint density at radius 2 is 1.67 bits per heavy atom. The van der Waals surface area contributed by atoms with Crippen molar-refractivity contribution in [1.82, 2.24) is 0 Å². The standard InChI is InChI=1S/C19H29BF2O2/c1-3-5-6-7-8-10-15-13-23-20(24-14-15)17-12-11-16(9-4-2)18(21)19(17)22/h11-12,15H,3-10,13-14H2,1-2H3. The molecule has 0 aliphatic carbocycles. The van der Waals surface area contributed by atoms with Crippen molar-refractivity contribution in [3.63, 3.8) is 0 Å². The summed E-state index contributed by atoms with van der Waals surface area (Å²) in [4.78, 5) is 0. The second-order valence-electron chi connectivity index (χ2n) is 6.76. The van der Waals surface area contributed by atoms with Crippen molar-refractivity contribution in [2.45, 2.75) is 65.2 Å². The van der Waals surface area contributed by atoms with Crippen LogP contribution >= 0.6 is 0 Å². The Balaban J connectivity index is 1.83. The molecule has 1 aliphatic heterocycles. The second-order valence-corrected chi connectivity index (χ2v) is 6.76. The first-order valence-electron chi connectivity index (χ1n) is 9.37. The van der Waals surface area contributed by atoms with E-state index in [-0.39, 0.29) is 5.46 Å². The van der Waals surface area contributed by atoms with E-state index in [1.54, 1.807) is 12.1 Å². The predicted octanol–water partition coefficient (Wildman–Crippen LogP) is 4.64. The molecule has 0 bridgehead atoms. The Hall–Kier alpha value is -0.935. The fraction of sp³-hybridized carbons (Fsp3) is 0.684. The zero-order valence-electron chi connectivity index (χ0n) is 15.0. The molecule has 0 saturated carbocycles. The van der Waals surface area contributed by atoms with Gasteiger partial charge >= 0.3 is 7.12 Å². The fourth-order valence-electron chi connectivity index (χ4n) is 3.17. The molecule has 1 aliphatic rings. The highest BCUT2D eigenvalue weighted by Gasteiger charge is 2.32. The maximum atomic E-state index is 14.3. The number of aryl methyl sites for hydroxylation is 1. The predicted molar refractivity (Wildman–Crippen MR) is 94.5 cm³/mol. The lowest BCUT2D eigenvalue weighted by Gasteiger charge is -2.27. The van der Waals surface area contributed by atoms with Gasteiger partial charge in [0.05, 0.1) is 0 Å². The summed E-state index contributed by atoms with van der Waals surface area (Å²) in [6.07, 6.45) is 8.63. The first-order chi connectivity index (χ1) is 11.7. The molecule has 0 atom stereocenters. The SMILES string of the molecule is CCCCCCCC1COB(c2ccc(CCC)c(F)c2F)OC1. The van der Waals surface area contributed by atoms with E-state index in [1.165, 1.54) is 32.1 Å². The molecule has 1 saturated heterocycles. The van der Waals surface area contributed by atoms with Crippen LogP contribution in [-0.2, 0) is 15.7 Å². The monoisotopic (exact) mass is 338 g/mol. The summed E-state index contributed by atoms with van der Waals surface area (Å²) in [5.74, 6) is -1.24. The molecule has 0 aromatic heterocycles. The Bertz CT molecular complexity index is 502. The largest absolute Gasteiger partial charge is 0.497 e. The molecule has 0 spiro atoms. The number of hydrogen-bond donors (Lipinski definition) is 0. The van der Waals surface area contributed by atoms with Gasteiger partial charge in [0.1, 0.15) is 0 Å². The van der Waals surface area contributed by atoms with Gasteiger partial charge in [0.2, 0.25) is 0 Å². The number of halogens is 2. The van der Waals surface area contributed by atoms with E-state index >= 15 is 0 Å². The third kappa shape index (κ3) is 5.28. The molecular weight excluding hydrogens is 309 g/mol. The maximum absolute atomic E-state index is 14.3. The first-order valence-corrected chi connectivity index (χ1v) is 9.37. The lowest BCUT2D eigenvalue weighted by molar-refractivity contribution is 0.0806. The molecule has 0 amide bonds. The highest BCUT2D eigenvalue weighted by atomic mass is 19.2. The first kappa shape index (κ1) is 19.4. The number of benzene rings is 1. The van der Waals surface area contributed by atoms with Crippen molar-refractivity contribution in [3.05, 3.63) is 29.3 Å². The van der Waals surface area contributed by atoms with Gasteiger partial charge in [0.15, 0.2) is 11.6 Å². The van der Waals surface area contributed by atoms with Crippen molar-refractivity contribution in [2.24, 2.45) is 5.92 Å². The van der Waals surface area contributed by atoms with E-state index in [9.17, 15) is 8.78 Å². The Morgan fingerprint density at radius 1 is 0.958 bits per heavy atom. The van der Waals surface area contributed by atoms with Crippen molar-refractivity contribution in [3.8, 4) is 0 Å². The van der Waals surface area contributed by atoms with Gasteiger partial charge in [-0.1, -0.05) is 64.5 Å². The summed E-state index contributed by atoms with van der Waals surface area (Å²) in [5.41, 5.74) is 0.591. The summed E-state index contributed by atoms with van der Waals surface area (Å²) in [6.45, 7) is 5.26. The third-order valence-corrected chi connectivity index (χ3v) is 4.65. The highest BCUT2D eigenvalue weighted by molar-refractivity contribution is 6.61. The molecular formula is C19H29BF2O2. The van der Waals surface area contributed by atoms with Gasteiger partial charge in [-0.15, -0.1) is 0 Å². The molecule has 1 heterocycles. The van der Waals surface area contributed by atoms with E-state index < -0.39 is 18.8 Å². The Kier molecular flexibility index (Phi) is 8.20. The van der Waals surface area contributed by atoms with E-state index in [4.69, 9.17) is 9.31 Å². The van der Waals surface area contributed by atoms with Crippen LogP contribution in [0, 0.1) is 17.6 Å². The van der Waals surface area contributed by atoms with E-state index in [0.29, 0.717) is 31.1 Å². The van der Waals surface area contributed by atoms with Crippen LogP contribution in [0.2, 0.25) is 0 Å². The lowest BCUT2D eigenvalue weighted by atomic mass is 9.76. The quantitative estimate of drug-likeness (QED) is 0.483. The summed E-state index contributed by atoms with van der Waals surface area (Å²) in [5, 5.41) is 0. The Labute approximate surface area is 145 Å². The smallest absolute Gasteiger partial charge is 0.407 e. The molecule has 2 nitrogen and oxygen atoms in total. The van der Waals surface area contributed by atoms with Crippen molar-refractivity contribution < 1.29 is 18.1 Å². The minimum absolute atomic E-state index is 0.175. The highest BCUT2D eigenvalue weighted by Crippen LogP contribution is 2.19. The molecule has 1 aromatic carbocycles. The van der Waals surface area contributed by atoms with Crippen LogP contribution in [0.4, 0.5) is 8.78 Å². The average Bonchev–Trinajstić information content (AvgIpc) is 2.60. The number of unbranched alkanes of at least 4 members (excludes halogenated alkanes) is 4. The maximum Gasteiger partial charge on any atom is 0.497 e. The minimum atomic E-state index is -0.830. The second kappa shape index (κ2) is 10.1. The number of rotatable bonds is 9. The van der Waals surface area contributed by atoms with Crippen LogP contribution in [0.25, 0.3) is 0 Å². The summed E-state index contributed by atoms with van der Waals surface area (Å²) in [6, 6.07) is 3.24. The molecule has 1 aromatic rings. The van der Waals surface area contributed by atoms with Gasteiger partial charge < -0.3 is 9.31 Å². The zero-order chi connectivity index (χ0) is 17.4. The van der Waals surface area contributed by atoms with E-state index in [1.807, 2.05) is 6.92 Å². The molecule has 0 radical (unpaired) electrons. The topological polar surface area (TPSA) is 18.5 Å². The van der Waals surface area contributed by atoms with Crippen LogP contribution in [0.5, 0.6) is 0 Å². The lowest BCUT2D eigenvalue weighted by Crippen LogP contribution is -2.46. The molecule has 5 heteroatoms. The van der Waals surface area contributed by atoms with Crippen LogP contribution in [-0.4, -0.2) is 20.3 Å². The van der Waals surface area contributed by atoms with Gasteiger partial charge in [0.25, 0.3) is 0 Å². The Morgan fingerprint density at radius 3 is 2.33 bits per heavy atom.